The van der Waals surface area contributed by atoms with Gasteiger partial charge in [-0.2, -0.15) is 0 Å². The molecule has 2 aromatic rings. The zero-order valence-electron chi connectivity index (χ0n) is 10.0. The Labute approximate surface area is 107 Å². The molecule has 0 bridgehead atoms. The maximum absolute atomic E-state index is 13.2. The zero-order valence-corrected chi connectivity index (χ0v) is 10.0. The van der Waals surface area contributed by atoms with Gasteiger partial charge in [0.25, 0.3) is 0 Å². The predicted molar refractivity (Wildman–Crippen MR) is 64.1 cm³/mol. The summed E-state index contributed by atoms with van der Waals surface area (Å²) in [5, 5.41) is 8.95. The highest BCUT2D eigenvalue weighted by Gasteiger charge is 2.15. The number of H-pyrrole nitrogens is 1. The number of hydrogen-bond donors (Lipinski definition) is 2. The van der Waals surface area contributed by atoms with E-state index in [1.165, 1.54) is 25.3 Å². The van der Waals surface area contributed by atoms with Crippen molar-refractivity contribution in [2.45, 2.75) is 6.54 Å². The van der Waals surface area contributed by atoms with E-state index >= 15 is 0 Å². The highest BCUT2D eigenvalue weighted by Crippen LogP contribution is 2.20. The molecule has 0 saturated heterocycles. The van der Waals surface area contributed by atoms with Gasteiger partial charge in [-0.1, -0.05) is 0 Å². The van der Waals surface area contributed by atoms with Crippen molar-refractivity contribution in [1.29, 1.82) is 0 Å². The largest absolute Gasteiger partial charge is 0.496 e. The summed E-state index contributed by atoms with van der Waals surface area (Å²) in [6.07, 6.45) is 1.09. The van der Waals surface area contributed by atoms with Crippen molar-refractivity contribution in [2.24, 2.45) is 0 Å². The molecular weight excluding hydrogens is 255 g/mol. The summed E-state index contributed by atoms with van der Waals surface area (Å²) in [5.74, 6) is -1.35. The van der Waals surface area contributed by atoms with Gasteiger partial charge in [-0.3, -0.25) is 4.57 Å². The van der Waals surface area contributed by atoms with Crippen molar-refractivity contribution in [1.82, 2.24) is 9.55 Å². The normalized spacial score (nSPS) is 10.4. The lowest BCUT2D eigenvalue weighted by atomic mass is 10.2. The van der Waals surface area contributed by atoms with Crippen LogP contribution in [-0.4, -0.2) is 27.7 Å². The molecule has 6 nitrogen and oxygen atoms in total. The predicted octanol–water partition coefficient (Wildman–Crippen LogP) is 1.07. The second-order valence-corrected chi connectivity index (χ2v) is 3.83. The van der Waals surface area contributed by atoms with Gasteiger partial charge < -0.3 is 14.8 Å². The second kappa shape index (κ2) is 4.97. The molecule has 1 heterocycles. The quantitative estimate of drug-likeness (QED) is 0.867. The number of ether oxygens (including phenoxy) is 1. The Kier molecular flexibility index (Phi) is 3.37. The van der Waals surface area contributed by atoms with E-state index in [4.69, 9.17) is 9.84 Å². The summed E-state index contributed by atoms with van der Waals surface area (Å²) in [6.45, 7) is -0.0924. The first kappa shape index (κ1) is 12.9. The summed E-state index contributed by atoms with van der Waals surface area (Å²) < 4.78 is 19.3. The standard InChI is InChI=1S/C12H11FN2O4/c1-19-10-3-2-8(13)4-7(10)6-15-9(11(16)17)5-14-12(15)18/h2-5H,6H2,1H3,(H,14,18)(H,16,17). The smallest absolute Gasteiger partial charge is 0.354 e. The van der Waals surface area contributed by atoms with Gasteiger partial charge in [0.1, 0.15) is 17.3 Å². The molecule has 2 N–H and O–H groups in total. The molecule has 19 heavy (non-hydrogen) atoms. The van der Waals surface area contributed by atoms with E-state index < -0.39 is 17.5 Å². The SMILES string of the molecule is COc1ccc(F)cc1Cn1c(C(=O)O)c[nH]c1=O. The number of carbonyl (C=O) groups is 1. The number of nitrogens with zero attached hydrogens (tertiary/aromatic N) is 1. The van der Waals surface area contributed by atoms with Gasteiger partial charge in [0.15, 0.2) is 0 Å². The number of benzene rings is 1. The average Bonchev–Trinajstić information content (AvgIpc) is 2.72. The van der Waals surface area contributed by atoms with E-state index in [0.29, 0.717) is 11.3 Å². The number of halogens is 1. The van der Waals surface area contributed by atoms with E-state index in [2.05, 4.69) is 4.98 Å². The van der Waals surface area contributed by atoms with Crippen LogP contribution >= 0.6 is 0 Å². The molecule has 0 radical (unpaired) electrons. The Morgan fingerprint density at radius 1 is 1.53 bits per heavy atom. The summed E-state index contributed by atoms with van der Waals surface area (Å²) >= 11 is 0. The fourth-order valence-electron chi connectivity index (χ4n) is 1.77. The van der Waals surface area contributed by atoms with E-state index in [1.54, 1.807) is 0 Å². The highest BCUT2D eigenvalue weighted by molar-refractivity contribution is 5.85. The topological polar surface area (TPSA) is 84.3 Å². The molecule has 0 aliphatic carbocycles. The van der Waals surface area contributed by atoms with Crippen molar-refractivity contribution in [3.63, 3.8) is 0 Å². The van der Waals surface area contributed by atoms with Crippen molar-refractivity contribution >= 4 is 5.97 Å². The minimum Gasteiger partial charge on any atom is -0.496 e. The van der Waals surface area contributed by atoms with Gasteiger partial charge in [0.2, 0.25) is 0 Å². The number of carboxylic acids is 1. The molecular formula is C12H11FN2O4. The number of nitrogens with one attached hydrogen (secondary N) is 1. The molecule has 2 rings (SSSR count). The van der Waals surface area contributed by atoms with E-state index in [1.807, 2.05) is 0 Å². The maximum Gasteiger partial charge on any atom is 0.354 e. The van der Waals surface area contributed by atoms with E-state index in [9.17, 15) is 14.0 Å². The Bertz CT molecular complexity index is 675. The van der Waals surface area contributed by atoms with Crippen molar-refractivity contribution in [2.75, 3.05) is 7.11 Å². The van der Waals surface area contributed by atoms with Crippen LogP contribution in [0.3, 0.4) is 0 Å². The lowest BCUT2D eigenvalue weighted by Crippen LogP contribution is -2.22. The maximum atomic E-state index is 13.2. The molecule has 0 atom stereocenters. The number of hydrogen-bond acceptors (Lipinski definition) is 3. The van der Waals surface area contributed by atoms with Crippen LogP contribution < -0.4 is 10.4 Å². The van der Waals surface area contributed by atoms with Crippen LogP contribution in [0.15, 0.2) is 29.2 Å². The number of aromatic carboxylic acids is 1. The molecule has 1 aromatic heterocycles. The summed E-state index contributed by atoms with van der Waals surface area (Å²) in [4.78, 5) is 24.8. The summed E-state index contributed by atoms with van der Waals surface area (Å²) in [6, 6.07) is 3.84. The lowest BCUT2D eigenvalue weighted by Gasteiger charge is -2.09. The van der Waals surface area contributed by atoms with Crippen LogP contribution in [0.25, 0.3) is 0 Å². The average molecular weight is 266 g/mol. The molecule has 0 unspecified atom stereocenters. The molecule has 100 valence electrons. The number of aromatic nitrogens is 2. The minimum atomic E-state index is -1.24. The van der Waals surface area contributed by atoms with Crippen LogP contribution in [0.1, 0.15) is 16.1 Å². The van der Waals surface area contributed by atoms with Gasteiger partial charge in [0, 0.05) is 11.8 Å². The first-order valence-electron chi connectivity index (χ1n) is 5.37. The number of rotatable bonds is 4. The molecule has 0 spiro atoms. The second-order valence-electron chi connectivity index (χ2n) is 3.83. The van der Waals surface area contributed by atoms with Crippen LogP contribution in [0, 0.1) is 5.82 Å². The Hall–Kier alpha value is -2.57. The third kappa shape index (κ3) is 2.49. The fourth-order valence-corrected chi connectivity index (χ4v) is 1.77. The van der Waals surface area contributed by atoms with E-state index in [0.717, 1.165) is 10.8 Å². The van der Waals surface area contributed by atoms with Crippen molar-refractivity contribution < 1.29 is 19.0 Å². The third-order valence-electron chi connectivity index (χ3n) is 2.66. The monoisotopic (exact) mass is 266 g/mol. The molecule has 0 saturated carbocycles. The van der Waals surface area contributed by atoms with Crippen molar-refractivity contribution in [3.05, 3.63) is 52.0 Å². The van der Waals surface area contributed by atoms with Crippen molar-refractivity contribution in [3.8, 4) is 5.75 Å². The zero-order chi connectivity index (χ0) is 14.0. The van der Waals surface area contributed by atoms with Gasteiger partial charge >= 0.3 is 11.7 Å². The number of methoxy groups -OCH3 is 1. The number of aromatic amines is 1. The van der Waals surface area contributed by atoms with Gasteiger partial charge in [-0.25, -0.2) is 14.0 Å². The molecule has 0 aliphatic rings. The molecule has 1 aromatic carbocycles. The van der Waals surface area contributed by atoms with E-state index in [-0.39, 0.29) is 12.2 Å². The van der Waals surface area contributed by atoms with Crippen LogP contribution in [-0.2, 0) is 6.54 Å². The molecule has 0 aliphatic heterocycles. The van der Waals surface area contributed by atoms with Gasteiger partial charge in [0.05, 0.1) is 13.7 Å². The van der Waals surface area contributed by atoms with Crippen LogP contribution in [0.5, 0.6) is 5.75 Å². The third-order valence-corrected chi connectivity index (χ3v) is 2.66. The summed E-state index contributed by atoms with van der Waals surface area (Å²) in [5.41, 5.74) is -0.397. The van der Waals surface area contributed by atoms with Gasteiger partial charge in [-0.05, 0) is 18.2 Å². The Morgan fingerprint density at radius 3 is 2.89 bits per heavy atom. The van der Waals surface area contributed by atoms with Crippen LogP contribution in [0.4, 0.5) is 4.39 Å². The highest BCUT2D eigenvalue weighted by atomic mass is 19.1. The minimum absolute atomic E-state index is 0.0924. The first-order valence-corrected chi connectivity index (χ1v) is 5.37. The molecule has 0 fully saturated rings. The number of carboxylic acid groups (broad SMARTS) is 1. The lowest BCUT2D eigenvalue weighted by molar-refractivity contribution is 0.0685. The number of imidazole rings is 1. The molecule has 7 heteroatoms. The van der Waals surface area contributed by atoms with Crippen LogP contribution in [0.2, 0.25) is 0 Å². The molecule has 0 amide bonds. The Morgan fingerprint density at radius 2 is 2.26 bits per heavy atom. The summed E-state index contributed by atoms with van der Waals surface area (Å²) in [7, 11) is 1.41. The Balaban J connectivity index is 2.47. The van der Waals surface area contributed by atoms with Gasteiger partial charge in [-0.15, -0.1) is 0 Å². The first-order chi connectivity index (χ1) is 9.02. The fraction of sp³-hybridized carbons (Fsp3) is 0.167.